The number of hydrogen-bond donors (Lipinski definition) is 0. The molecule has 0 saturated heterocycles. The fourth-order valence-corrected chi connectivity index (χ4v) is 3.63. The highest BCUT2D eigenvalue weighted by Crippen LogP contribution is 2.24. The topological polar surface area (TPSA) is 41.9 Å². The smallest absolute Gasteiger partial charge is 0.266 e. The maximum Gasteiger partial charge on any atom is 0.266 e. The van der Waals surface area contributed by atoms with Crippen LogP contribution in [0.5, 0.6) is 5.75 Å². The van der Waals surface area contributed by atoms with E-state index in [2.05, 4.69) is 4.99 Å². The van der Waals surface area contributed by atoms with E-state index in [1.807, 2.05) is 54.6 Å². The van der Waals surface area contributed by atoms with Crippen LogP contribution in [0, 0.1) is 0 Å². The van der Waals surface area contributed by atoms with Crippen LogP contribution in [-0.4, -0.2) is 35.7 Å². The molecule has 6 heteroatoms. The van der Waals surface area contributed by atoms with E-state index in [-0.39, 0.29) is 12.5 Å². The van der Waals surface area contributed by atoms with E-state index >= 15 is 0 Å². The summed E-state index contributed by atoms with van der Waals surface area (Å²) in [7, 11) is 0. The molecule has 0 unspecified atom stereocenters. The monoisotopic (exact) mass is 360 g/mol. The Balaban J connectivity index is 1.55. The van der Waals surface area contributed by atoms with Gasteiger partial charge in [0.2, 0.25) is 0 Å². The normalized spacial score (nSPS) is 13.7. The molecule has 0 bridgehead atoms. The van der Waals surface area contributed by atoms with Gasteiger partial charge in [-0.05, 0) is 23.8 Å². The van der Waals surface area contributed by atoms with Crippen molar-refractivity contribution in [1.82, 2.24) is 4.90 Å². The second kappa shape index (κ2) is 8.22. The molecule has 1 aliphatic rings. The highest BCUT2D eigenvalue weighted by molar-refractivity contribution is 8.13. The predicted octanol–water partition coefficient (Wildman–Crippen LogP) is 3.85. The first kappa shape index (κ1) is 16.9. The Bertz CT molecular complexity index is 737. The van der Waals surface area contributed by atoms with Crippen molar-refractivity contribution >= 4 is 34.4 Å². The summed E-state index contributed by atoms with van der Waals surface area (Å²) in [6.45, 7) is 1.24. The molecular weight excluding hydrogens is 344 g/mol. The van der Waals surface area contributed by atoms with E-state index in [4.69, 9.17) is 16.3 Å². The van der Waals surface area contributed by atoms with Gasteiger partial charge in [0.1, 0.15) is 5.75 Å². The molecule has 0 radical (unpaired) electrons. The van der Waals surface area contributed by atoms with Gasteiger partial charge in [-0.25, -0.2) is 0 Å². The fraction of sp³-hybridized carbons (Fsp3) is 0.222. The molecule has 0 atom stereocenters. The molecule has 124 valence electrons. The Hall–Kier alpha value is -1.98. The number of ether oxygens (including phenoxy) is 1. The average Bonchev–Trinajstić information content (AvgIpc) is 3.08. The Labute approximate surface area is 150 Å². The number of amides is 1. The van der Waals surface area contributed by atoms with Gasteiger partial charge in [-0.3, -0.25) is 14.7 Å². The lowest BCUT2D eigenvalue weighted by molar-refractivity contribution is -0.128. The molecule has 1 amide bonds. The lowest BCUT2D eigenvalue weighted by Gasteiger charge is -2.18. The van der Waals surface area contributed by atoms with E-state index in [0.29, 0.717) is 24.6 Å². The van der Waals surface area contributed by atoms with Gasteiger partial charge in [-0.1, -0.05) is 59.8 Å². The fourth-order valence-electron chi connectivity index (χ4n) is 2.28. The largest absolute Gasteiger partial charge is 0.484 e. The van der Waals surface area contributed by atoms with Gasteiger partial charge in [0.05, 0.1) is 6.54 Å². The van der Waals surface area contributed by atoms with E-state index in [9.17, 15) is 4.79 Å². The van der Waals surface area contributed by atoms with Gasteiger partial charge in [-0.2, -0.15) is 0 Å². The van der Waals surface area contributed by atoms with Crippen LogP contribution < -0.4 is 4.74 Å². The minimum Gasteiger partial charge on any atom is -0.484 e. The Kier molecular flexibility index (Phi) is 5.77. The summed E-state index contributed by atoms with van der Waals surface area (Å²) in [5, 5.41) is 1.46. The maximum absolute atomic E-state index is 12.4. The molecule has 2 aromatic rings. The van der Waals surface area contributed by atoms with Crippen LogP contribution in [0.2, 0.25) is 5.02 Å². The summed E-state index contributed by atoms with van der Waals surface area (Å²) in [4.78, 5) is 18.5. The molecule has 2 aromatic carbocycles. The lowest BCUT2D eigenvalue weighted by Crippen LogP contribution is -2.36. The molecular formula is C18H17ClN2O2S. The zero-order valence-corrected chi connectivity index (χ0v) is 14.6. The SMILES string of the molecule is O=C(COc1ccccc1)N1CCN=C1SCc1ccccc1Cl. The first-order chi connectivity index (χ1) is 11.7. The molecule has 0 aliphatic carbocycles. The molecule has 1 aliphatic heterocycles. The van der Waals surface area contributed by atoms with Crippen molar-refractivity contribution in [2.24, 2.45) is 4.99 Å². The summed E-state index contributed by atoms with van der Waals surface area (Å²) in [6, 6.07) is 17.0. The first-order valence-corrected chi connectivity index (χ1v) is 8.99. The standard InChI is InChI=1S/C18H17ClN2O2S/c19-16-9-5-4-6-14(16)13-24-18-20-10-11-21(18)17(22)12-23-15-7-2-1-3-8-15/h1-9H,10-13H2. The van der Waals surface area contributed by atoms with Gasteiger partial charge in [0.15, 0.2) is 11.8 Å². The number of benzene rings is 2. The molecule has 0 aromatic heterocycles. The summed E-state index contributed by atoms with van der Waals surface area (Å²) >= 11 is 7.70. The van der Waals surface area contributed by atoms with Gasteiger partial charge in [0.25, 0.3) is 5.91 Å². The highest BCUT2D eigenvalue weighted by atomic mass is 35.5. The third kappa shape index (κ3) is 4.30. The second-order valence-corrected chi connectivity index (χ2v) is 6.54. The maximum atomic E-state index is 12.4. The number of carbonyl (C=O) groups is 1. The molecule has 0 N–H and O–H groups in total. The van der Waals surface area contributed by atoms with Crippen molar-refractivity contribution in [3.8, 4) is 5.75 Å². The number of aliphatic imine (C=N–C) groups is 1. The molecule has 4 nitrogen and oxygen atoms in total. The third-order valence-corrected chi connectivity index (χ3v) is 4.95. The molecule has 3 rings (SSSR count). The quantitative estimate of drug-likeness (QED) is 0.813. The second-order valence-electron chi connectivity index (χ2n) is 5.19. The van der Waals surface area contributed by atoms with Crippen LogP contribution in [0.4, 0.5) is 0 Å². The number of amidine groups is 1. The third-order valence-electron chi connectivity index (χ3n) is 3.52. The van der Waals surface area contributed by atoms with E-state index in [0.717, 1.165) is 15.8 Å². The lowest BCUT2D eigenvalue weighted by atomic mass is 10.2. The van der Waals surface area contributed by atoms with Gasteiger partial charge < -0.3 is 4.74 Å². The van der Waals surface area contributed by atoms with Gasteiger partial charge in [-0.15, -0.1) is 0 Å². The minimum atomic E-state index is -0.0817. The zero-order chi connectivity index (χ0) is 16.8. The molecule has 0 fully saturated rings. The summed E-state index contributed by atoms with van der Waals surface area (Å²) in [5.74, 6) is 1.29. The van der Waals surface area contributed by atoms with Gasteiger partial charge >= 0.3 is 0 Å². The van der Waals surface area contributed by atoms with Crippen LogP contribution in [0.15, 0.2) is 59.6 Å². The van der Waals surface area contributed by atoms with Gasteiger partial charge in [0, 0.05) is 17.3 Å². The van der Waals surface area contributed by atoms with E-state index in [1.54, 1.807) is 4.90 Å². The summed E-state index contributed by atoms with van der Waals surface area (Å²) < 4.78 is 5.53. The number of halogens is 1. The van der Waals surface area contributed by atoms with Crippen LogP contribution in [0.3, 0.4) is 0 Å². The number of carbonyl (C=O) groups excluding carboxylic acids is 1. The number of thioether (sulfide) groups is 1. The van der Waals surface area contributed by atoms with Crippen molar-refractivity contribution in [3.63, 3.8) is 0 Å². The number of nitrogens with zero attached hydrogens (tertiary/aromatic N) is 2. The molecule has 1 heterocycles. The highest BCUT2D eigenvalue weighted by Gasteiger charge is 2.24. The summed E-state index contributed by atoms with van der Waals surface area (Å²) in [5.41, 5.74) is 1.03. The number of hydrogen-bond acceptors (Lipinski definition) is 4. The first-order valence-electron chi connectivity index (χ1n) is 7.63. The summed E-state index contributed by atoms with van der Waals surface area (Å²) in [6.07, 6.45) is 0. The van der Waals surface area contributed by atoms with Crippen molar-refractivity contribution < 1.29 is 9.53 Å². The minimum absolute atomic E-state index is 0.00961. The van der Waals surface area contributed by atoms with Crippen molar-refractivity contribution in [1.29, 1.82) is 0 Å². The van der Waals surface area contributed by atoms with Crippen LogP contribution in [-0.2, 0) is 10.5 Å². The van der Waals surface area contributed by atoms with E-state index < -0.39 is 0 Å². The Morgan fingerprint density at radius 2 is 1.92 bits per heavy atom. The zero-order valence-electron chi connectivity index (χ0n) is 13.0. The number of rotatable bonds is 5. The van der Waals surface area contributed by atoms with Crippen LogP contribution in [0.25, 0.3) is 0 Å². The molecule has 24 heavy (non-hydrogen) atoms. The van der Waals surface area contributed by atoms with Crippen LogP contribution in [0.1, 0.15) is 5.56 Å². The Morgan fingerprint density at radius 1 is 1.17 bits per heavy atom. The van der Waals surface area contributed by atoms with Crippen molar-refractivity contribution in [2.75, 3.05) is 19.7 Å². The molecule has 0 saturated carbocycles. The van der Waals surface area contributed by atoms with E-state index in [1.165, 1.54) is 11.8 Å². The van der Waals surface area contributed by atoms with Crippen molar-refractivity contribution in [2.45, 2.75) is 5.75 Å². The average molecular weight is 361 g/mol. The Morgan fingerprint density at radius 3 is 2.71 bits per heavy atom. The predicted molar refractivity (Wildman–Crippen MR) is 98.7 cm³/mol. The van der Waals surface area contributed by atoms with Crippen molar-refractivity contribution in [3.05, 3.63) is 65.2 Å². The van der Waals surface area contributed by atoms with Crippen LogP contribution >= 0.6 is 23.4 Å². The molecule has 0 spiro atoms. The number of para-hydroxylation sites is 1.